The van der Waals surface area contributed by atoms with Gasteiger partial charge < -0.3 is 5.11 Å². The molecular weight excluding hydrogens is 112 g/mol. The van der Waals surface area contributed by atoms with E-state index in [1.807, 2.05) is 0 Å². The molecule has 1 aliphatic rings. The number of rotatable bonds is 2. The first kappa shape index (κ1) is 6.56. The standard InChI is InChI=1S/C8H12O/c9-7-6-8-4-2-1-3-5-8/h2,4-5,9H,1,3,6-7H2. The predicted octanol–water partition coefficient (Wildman–Crippen LogP) is 1.65. The third kappa shape index (κ3) is 2.02. The molecule has 0 bridgehead atoms. The Morgan fingerprint density at radius 1 is 1.44 bits per heavy atom. The molecule has 0 unspecified atom stereocenters. The van der Waals surface area contributed by atoms with Gasteiger partial charge in [0.1, 0.15) is 0 Å². The van der Waals surface area contributed by atoms with E-state index in [1.54, 1.807) is 0 Å². The number of hydrogen-bond acceptors (Lipinski definition) is 1. The maximum absolute atomic E-state index is 8.54. The van der Waals surface area contributed by atoms with Gasteiger partial charge in [0.25, 0.3) is 0 Å². The maximum atomic E-state index is 8.54. The number of aliphatic hydroxyl groups is 1. The van der Waals surface area contributed by atoms with Crippen LogP contribution >= 0.6 is 0 Å². The Kier molecular flexibility index (Phi) is 2.52. The van der Waals surface area contributed by atoms with E-state index in [-0.39, 0.29) is 6.61 Å². The van der Waals surface area contributed by atoms with Crippen LogP contribution in [0.5, 0.6) is 0 Å². The molecule has 0 aliphatic heterocycles. The van der Waals surface area contributed by atoms with Crippen LogP contribution in [-0.4, -0.2) is 11.7 Å². The average molecular weight is 124 g/mol. The van der Waals surface area contributed by atoms with Crippen molar-refractivity contribution in [3.05, 3.63) is 23.8 Å². The van der Waals surface area contributed by atoms with Crippen LogP contribution in [0.15, 0.2) is 23.8 Å². The quantitative estimate of drug-likeness (QED) is 0.593. The zero-order valence-corrected chi connectivity index (χ0v) is 5.51. The van der Waals surface area contributed by atoms with Crippen LogP contribution in [0.1, 0.15) is 19.3 Å². The van der Waals surface area contributed by atoms with Crippen LogP contribution in [0, 0.1) is 0 Å². The number of hydrogen-bond donors (Lipinski definition) is 1. The van der Waals surface area contributed by atoms with E-state index in [0.717, 1.165) is 19.3 Å². The summed E-state index contributed by atoms with van der Waals surface area (Å²) in [5, 5.41) is 8.54. The highest BCUT2D eigenvalue weighted by Crippen LogP contribution is 2.11. The number of allylic oxidation sites excluding steroid dienone is 3. The minimum atomic E-state index is 0.274. The molecule has 0 amide bonds. The molecule has 0 spiro atoms. The Bertz CT molecular complexity index is 134. The van der Waals surface area contributed by atoms with Gasteiger partial charge in [-0.25, -0.2) is 0 Å². The molecule has 0 saturated carbocycles. The van der Waals surface area contributed by atoms with Crippen molar-refractivity contribution >= 4 is 0 Å². The van der Waals surface area contributed by atoms with Gasteiger partial charge >= 0.3 is 0 Å². The summed E-state index contributed by atoms with van der Waals surface area (Å²) >= 11 is 0. The normalized spacial score (nSPS) is 17.7. The lowest BCUT2D eigenvalue weighted by atomic mass is 10.1. The predicted molar refractivity (Wildman–Crippen MR) is 38.2 cm³/mol. The summed E-state index contributed by atoms with van der Waals surface area (Å²) < 4.78 is 0. The molecule has 0 saturated heterocycles. The van der Waals surface area contributed by atoms with Crippen molar-refractivity contribution in [2.24, 2.45) is 0 Å². The SMILES string of the molecule is OCCC1=CCCC=C1. The van der Waals surface area contributed by atoms with E-state index in [2.05, 4.69) is 18.2 Å². The molecule has 0 aromatic carbocycles. The lowest BCUT2D eigenvalue weighted by Gasteiger charge is -2.02. The van der Waals surface area contributed by atoms with Crippen molar-refractivity contribution in [3.63, 3.8) is 0 Å². The average Bonchev–Trinajstić information content (AvgIpc) is 1.91. The summed E-state index contributed by atoms with van der Waals surface area (Å²) in [5.41, 5.74) is 1.28. The lowest BCUT2D eigenvalue weighted by molar-refractivity contribution is 0.300. The van der Waals surface area contributed by atoms with Crippen LogP contribution in [-0.2, 0) is 0 Å². The monoisotopic (exact) mass is 124 g/mol. The van der Waals surface area contributed by atoms with Gasteiger partial charge in [0, 0.05) is 6.61 Å². The fraction of sp³-hybridized carbons (Fsp3) is 0.500. The Morgan fingerprint density at radius 2 is 2.33 bits per heavy atom. The summed E-state index contributed by atoms with van der Waals surface area (Å²) in [6.07, 6.45) is 9.57. The Hall–Kier alpha value is -0.560. The molecule has 0 heterocycles. The molecule has 0 atom stereocenters. The molecule has 1 nitrogen and oxygen atoms in total. The van der Waals surface area contributed by atoms with Gasteiger partial charge in [0.15, 0.2) is 0 Å². The van der Waals surface area contributed by atoms with Gasteiger partial charge in [-0.2, -0.15) is 0 Å². The highest BCUT2D eigenvalue weighted by Gasteiger charge is 1.94. The molecule has 0 aromatic rings. The summed E-state index contributed by atoms with van der Waals surface area (Å²) in [6.45, 7) is 0.274. The van der Waals surface area contributed by atoms with Crippen LogP contribution < -0.4 is 0 Å². The van der Waals surface area contributed by atoms with E-state index in [1.165, 1.54) is 5.57 Å². The van der Waals surface area contributed by atoms with E-state index in [4.69, 9.17) is 5.11 Å². The summed E-state index contributed by atoms with van der Waals surface area (Å²) in [4.78, 5) is 0. The smallest absolute Gasteiger partial charge is 0.0471 e. The van der Waals surface area contributed by atoms with E-state index in [0.29, 0.717) is 0 Å². The molecule has 1 aliphatic carbocycles. The third-order valence-corrected chi connectivity index (χ3v) is 1.47. The Balaban J connectivity index is 2.38. The maximum Gasteiger partial charge on any atom is 0.0471 e. The Labute approximate surface area is 55.7 Å². The first-order chi connectivity index (χ1) is 4.43. The van der Waals surface area contributed by atoms with E-state index >= 15 is 0 Å². The summed E-state index contributed by atoms with van der Waals surface area (Å²) in [7, 11) is 0. The first-order valence-corrected chi connectivity index (χ1v) is 3.40. The van der Waals surface area contributed by atoms with Gasteiger partial charge in [0.2, 0.25) is 0 Å². The van der Waals surface area contributed by atoms with Crippen LogP contribution in [0.2, 0.25) is 0 Å². The Morgan fingerprint density at radius 3 is 2.89 bits per heavy atom. The van der Waals surface area contributed by atoms with Gasteiger partial charge in [-0.3, -0.25) is 0 Å². The lowest BCUT2D eigenvalue weighted by Crippen LogP contribution is -1.88. The largest absolute Gasteiger partial charge is 0.396 e. The minimum absolute atomic E-state index is 0.274. The molecule has 0 radical (unpaired) electrons. The highest BCUT2D eigenvalue weighted by molar-refractivity contribution is 5.21. The van der Waals surface area contributed by atoms with Gasteiger partial charge in [-0.15, -0.1) is 0 Å². The van der Waals surface area contributed by atoms with Crippen LogP contribution in [0.4, 0.5) is 0 Å². The molecule has 50 valence electrons. The van der Waals surface area contributed by atoms with Crippen LogP contribution in [0.3, 0.4) is 0 Å². The second-order valence-corrected chi connectivity index (χ2v) is 2.23. The molecule has 9 heavy (non-hydrogen) atoms. The zero-order valence-electron chi connectivity index (χ0n) is 5.51. The zero-order chi connectivity index (χ0) is 6.53. The summed E-state index contributed by atoms with van der Waals surface area (Å²) in [5.74, 6) is 0. The molecule has 1 N–H and O–H groups in total. The van der Waals surface area contributed by atoms with Crippen molar-refractivity contribution in [3.8, 4) is 0 Å². The summed E-state index contributed by atoms with van der Waals surface area (Å²) in [6, 6.07) is 0. The fourth-order valence-electron chi connectivity index (χ4n) is 0.982. The van der Waals surface area contributed by atoms with Crippen LogP contribution in [0.25, 0.3) is 0 Å². The van der Waals surface area contributed by atoms with E-state index in [9.17, 15) is 0 Å². The van der Waals surface area contributed by atoms with Gasteiger partial charge in [-0.05, 0) is 19.3 Å². The molecule has 0 fully saturated rings. The molecule has 1 rings (SSSR count). The van der Waals surface area contributed by atoms with Crippen molar-refractivity contribution < 1.29 is 5.11 Å². The minimum Gasteiger partial charge on any atom is -0.396 e. The molecule has 0 aromatic heterocycles. The van der Waals surface area contributed by atoms with Crippen molar-refractivity contribution in [1.82, 2.24) is 0 Å². The second-order valence-electron chi connectivity index (χ2n) is 2.23. The van der Waals surface area contributed by atoms with Crippen molar-refractivity contribution in [1.29, 1.82) is 0 Å². The van der Waals surface area contributed by atoms with Crippen molar-refractivity contribution in [2.45, 2.75) is 19.3 Å². The molecule has 1 heteroatoms. The van der Waals surface area contributed by atoms with Gasteiger partial charge in [0.05, 0.1) is 0 Å². The topological polar surface area (TPSA) is 20.2 Å². The van der Waals surface area contributed by atoms with Crippen molar-refractivity contribution in [2.75, 3.05) is 6.61 Å². The van der Waals surface area contributed by atoms with E-state index < -0.39 is 0 Å². The number of aliphatic hydroxyl groups excluding tert-OH is 1. The second kappa shape index (κ2) is 3.46. The third-order valence-electron chi connectivity index (χ3n) is 1.47. The highest BCUT2D eigenvalue weighted by atomic mass is 16.2. The first-order valence-electron chi connectivity index (χ1n) is 3.40. The fourth-order valence-corrected chi connectivity index (χ4v) is 0.982. The molecular formula is C8H12O. The van der Waals surface area contributed by atoms with Gasteiger partial charge in [-0.1, -0.05) is 23.8 Å².